The fourth-order valence-corrected chi connectivity index (χ4v) is 2.43. The van der Waals surface area contributed by atoms with Crippen LogP contribution in [0, 0.1) is 0 Å². The molecule has 0 radical (unpaired) electrons. The Labute approximate surface area is 154 Å². The van der Waals surface area contributed by atoms with Gasteiger partial charge in [0.2, 0.25) is 0 Å². The molecule has 25 heavy (non-hydrogen) atoms. The van der Waals surface area contributed by atoms with Crippen molar-refractivity contribution in [3.8, 4) is 17.2 Å². The van der Waals surface area contributed by atoms with Crippen molar-refractivity contribution >= 4 is 34.8 Å². The highest BCUT2D eigenvalue weighted by atomic mass is 35.5. The lowest BCUT2D eigenvalue weighted by molar-refractivity contribution is 0.102. The van der Waals surface area contributed by atoms with Gasteiger partial charge in [-0.15, -0.1) is 0 Å². The number of benzene rings is 3. The fourth-order valence-electron chi connectivity index (χ4n) is 2.13. The number of carbonyl (C=O) groups is 1. The Balaban J connectivity index is 1.69. The number of nitrogens with one attached hydrogen (secondary N) is 1. The fraction of sp³-hybridized carbons (Fsp3) is 0. The van der Waals surface area contributed by atoms with Gasteiger partial charge >= 0.3 is 0 Å². The highest BCUT2D eigenvalue weighted by Crippen LogP contribution is 2.26. The monoisotopic (exact) mass is 373 g/mol. The van der Waals surface area contributed by atoms with Gasteiger partial charge in [-0.25, -0.2) is 0 Å². The Morgan fingerprint density at radius 1 is 0.840 bits per heavy atom. The van der Waals surface area contributed by atoms with Gasteiger partial charge in [0.05, 0.1) is 5.56 Å². The highest BCUT2D eigenvalue weighted by Gasteiger charge is 2.12. The highest BCUT2D eigenvalue weighted by molar-refractivity contribution is 6.31. The molecule has 1 amide bonds. The van der Waals surface area contributed by atoms with E-state index in [0.29, 0.717) is 27.2 Å². The van der Waals surface area contributed by atoms with E-state index in [1.807, 2.05) is 0 Å². The molecule has 0 aliphatic carbocycles. The number of aromatic hydroxyl groups is 1. The molecule has 0 heterocycles. The molecule has 4 nitrogen and oxygen atoms in total. The smallest absolute Gasteiger partial charge is 0.259 e. The summed E-state index contributed by atoms with van der Waals surface area (Å²) < 4.78 is 5.68. The Hall–Kier alpha value is -2.69. The minimum Gasteiger partial charge on any atom is -0.507 e. The third-order valence-electron chi connectivity index (χ3n) is 3.36. The van der Waals surface area contributed by atoms with Gasteiger partial charge in [-0.1, -0.05) is 23.2 Å². The molecule has 0 fully saturated rings. The number of rotatable bonds is 4. The Kier molecular flexibility index (Phi) is 5.12. The molecule has 126 valence electrons. The van der Waals surface area contributed by atoms with E-state index in [-0.39, 0.29) is 11.3 Å². The van der Waals surface area contributed by atoms with Crippen LogP contribution in [0.4, 0.5) is 5.69 Å². The van der Waals surface area contributed by atoms with E-state index in [1.54, 1.807) is 48.5 Å². The molecule has 0 atom stereocenters. The molecule has 0 aliphatic rings. The largest absolute Gasteiger partial charge is 0.507 e. The van der Waals surface area contributed by atoms with E-state index in [4.69, 9.17) is 27.9 Å². The second-order valence-corrected chi connectivity index (χ2v) is 6.07. The Bertz CT molecular complexity index is 894. The molecule has 0 saturated heterocycles. The van der Waals surface area contributed by atoms with Crippen molar-refractivity contribution in [3.05, 3.63) is 82.3 Å². The van der Waals surface area contributed by atoms with Crippen LogP contribution >= 0.6 is 23.2 Å². The predicted molar refractivity (Wildman–Crippen MR) is 99.0 cm³/mol. The minimum atomic E-state index is -0.452. The third-order valence-corrected chi connectivity index (χ3v) is 3.85. The second-order valence-electron chi connectivity index (χ2n) is 5.20. The van der Waals surface area contributed by atoms with Crippen molar-refractivity contribution < 1.29 is 14.6 Å². The summed E-state index contributed by atoms with van der Waals surface area (Å²) in [6.07, 6.45) is 0. The van der Waals surface area contributed by atoms with Crippen molar-refractivity contribution in [2.24, 2.45) is 0 Å². The summed E-state index contributed by atoms with van der Waals surface area (Å²) >= 11 is 11.7. The zero-order valence-electron chi connectivity index (χ0n) is 12.9. The molecule has 3 aromatic rings. The van der Waals surface area contributed by atoms with Gasteiger partial charge in [-0.3, -0.25) is 4.79 Å². The summed E-state index contributed by atoms with van der Waals surface area (Å²) in [6.45, 7) is 0. The Morgan fingerprint density at radius 3 is 2.04 bits per heavy atom. The molecule has 0 spiro atoms. The molecule has 3 aromatic carbocycles. The summed E-state index contributed by atoms with van der Waals surface area (Å²) in [6, 6.07) is 18.1. The average molecular weight is 374 g/mol. The maximum absolute atomic E-state index is 12.2. The molecule has 0 saturated carbocycles. The van der Waals surface area contributed by atoms with Gasteiger partial charge in [0.25, 0.3) is 5.91 Å². The van der Waals surface area contributed by atoms with Crippen molar-refractivity contribution in [1.82, 2.24) is 0 Å². The van der Waals surface area contributed by atoms with Crippen LogP contribution in [-0.4, -0.2) is 11.0 Å². The van der Waals surface area contributed by atoms with E-state index in [0.717, 1.165) is 0 Å². The average Bonchev–Trinajstić information content (AvgIpc) is 2.60. The number of ether oxygens (including phenoxy) is 1. The summed E-state index contributed by atoms with van der Waals surface area (Å²) in [5.74, 6) is 0.687. The standard InChI is InChI=1S/C19H13Cl2NO3/c20-12-1-6-15(7-2-12)25-16-8-4-14(5-9-16)22-19(24)17-11-13(21)3-10-18(17)23/h1-11,23H,(H,22,24). The number of phenolic OH excluding ortho intramolecular Hbond substituents is 1. The normalized spacial score (nSPS) is 10.3. The number of carbonyl (C=O) groups excluding carboxylic acids is 1. The van der Waals surface area contributed by atoms with E-state index < -0.39 is 5.91 Å². The Morgan fingerprint density at radius 2 is 1.40 bits per heavy atom. The zero-order chi connectivity index (χ0) is 17.8. The molecule has 0 aliphatic heterocycles. The van der Waals surface area contributed by atoms with Crippen LogP contribution in [-0.2, 0) is 0 Å². The number of amides is 1. The van der Waals surface area contributed by atoms with E-state index >= 15 is 0 Å². The number of halogens is 2. The van der Waals surface area contributed by atoms with Crippen LogP contribution in [0.5, 0.6) is 17.2 Å². The predicted octanol–water partition coefficient (Wildman–Crippen LogP) is 5.74. The van der Waals surface area contributed by atoms with E-state index in [9.17, 15) is 9.90 Å². The second kappa shape index (κ2) is 7.47. The van der Waals surface area contributed by atoms with Gasteiger partial charge < -0.3 is 15.2 Å². The van der Waals surface area contributed by atoms with Crippen LogP contribution in [0.15, 0.2) is 66.7 Å². The molecule has 0 unspecified atom stereocenters. The number of hydrogen-bond donors (Lipinski definition) is 2. The number of phenols is 1. The molecular weight excluding hydrogens is 361 g/mol. The van der Waals surface area contributed by atoms with Crippen molar-refractivity contribution in [3.63, 3.8) is 0 Å². The van der Waals surface area contributed by atoms with E-state index in [1.165, 1.54) is 18.2 Å². The van der Waals surface area contributed by atoms with Crippen molar-refractivity contribution in [2.45, 2.75) is 0 Å². The number of anilines is 1. The first kappa shape index (κ1) is 17.1. The minimum absolute atomic E-state index is 0.106. The van der Waals surface area contributed by atoms with Crippen LogP contribution in [0.25, 0.3) is 0 Å². The third kappa shape index (κ3) is 4.44. The first-order chi connectivity index (χ1) is 12.0. The lowest BCUT2D eigenvalue weighted by Crippen LogP contribution is -2.12. The van der Waals surface area contributed by atoms with Gasteiger partial charge in [0, 0.05) is 15.7 Å². The first-order valence-electron chi connectivity index (χ1n) is 7.34. The molecule has 0 bridgehead atoms. The molecular formula is C19H13Cl2NO3. The summed E-state index contributed by atoms with van der Waals surface area (Å²) in [4.78, 5) is 12.2. The summed E-state index contributed by atoms with van der Waals surface area (Å²) in [5.41, 5.74) is 0.668. The SMILES string of the molecule is O=C(Nc1ccc(Oc2ccc(Cl)cc2)cc1)c1cc(Cl)ccc1O. The maximum atomic E-state index is 12.2. The van der Waals surface area contributed by atoms with Crippen LogP contribution < -0.4 is 10.1 Å². The quantitative estimate of drug-likeness (QED) is 0.612. The molecule has 6 heteroatoms. The topological polar surface area (TPSA) is 58.6 Å². The van der Waals surface area contributed by atoms with Gasteiger partial charge in [0.15, 0.2) is 0 Å². The lowest BCUT2D eigenvalue weighted by atomic mass is 10.2. The molecule has 3 rings (SSSR count). The molecule has 2 N–H and O–H groups in total. The number of hydrogen-bond acceptors (Lipinski definition) is 3. The first-order valence-corrected chi connectivity index (χ1v) is 8.10. The van der Waals surface area contributed by atoms with Crippen molar-refractivity contribution in [2.75, 3.05) is 5.32 Å². The van der Waals surface area contributed by atoms with Gasteiger partial charge in [-0.05, 0) is 66.7 Å². The summed E-state index contributed by atoms with van der Waals surface area (Å²) in [5, 5.41) is 13.5. The zero-order valence-corrected chi connectivity index (χ0v) is 14.4. The van der Waals surface area contributed by atoms with Gasteiger partial charge in [-0.2, -0.15) is 0 Å². The van der Waals surface area contributed by atoms with E-state index in [2.05, 4.69) is 5.32 Å². The van der Waals surface area contributed by atoms with Crippen LogP contribution in [0.2, 0.25) is 10.0 Å². The lowest BCUT2D eigenvalue weighted by Gasteiger charge is -2.09. The summed E-state index contributed by atoms with van der Waals surface area (Å²) in [7, 11) is 0. The van der Waals surface area contributed by atoms with Crippen LogP contribution in [0.1, 0.15) is 10.4 Å². The van der Waals surface area contributed by atoms with Crippen molar-refractivity contribution in [1.29, 1.82) is 0 Å². The molecule has 0 aromatic heterocycles. The van der Waals surface area contributed by atoms with Gasteiger partial charge in [0.1, 0.15) is 17.2 Å². The maximum Gasteiger partial charge on any atom is 0.259 e. The van der Waals surface area contributed by atoms with Crippen LogP contribution in [0.3, 0.4) is 0 Å².